The zero-order valence-electron chi connectivity index (χ0n) is 15.7. The third-order valence-corrected chi connectivity index (χ3v) is 4.37. The number of aryl methyl sites for hydroxylation is 2. The molecule has 0 atom stereocenters. The Labute approximate surface area is 163 Å². The van der Waals surface area contributed by atoms with E-state index in [0.717, 1.165) is 33.5 Å². The molecule has 28 heavy (non-hydrogen) atoms. The van der Waals surface area contributed by atoms with Crippen LogP contribution < -0.4 is 10.6 Å². The van der Waals surface area contributed by atoms with E-state index in [4.69, 9.17) is 0 Å². The summed E-state index contributed by atoms with van der Waals surface area (Å²) in [5.74, 6) is 0.352. The molecule has 138 valence electrons. The summed E-state index contributed by atoms with van der Waals surface area (Å²) in [5.41, 5.74) is 3.86. The Kier molecular flexibility index (Phi) is 4.72. The van der Waals surface area contributed by atoms with Gasteiger partial charge in [-0.1, -0.05) is 36.4 Å². The summed E-state index contributed by atoms with van der Waals surface area (Å²) in [6.45, 7) is 3.85. The van der Waals surface area contributed by atoms with Crippen LogP contribution in [0.5, 0.6) is 0 Å². The number of anilines is 3. The molecule has 1 heterocycles. The molecule has 0 bridgehead atoms. The molecule has 5 heteroatoms. The van der Waals surface area contributed by atoms with Crippen molar-refractivity contribution >= 4 is 34.0 Å². The van der Waals surface area contributed by atoms with Crippen LogP contribution in [0.25, 0.3) is 10.8 Å². The molecular formula is C23H20N4O. The van der Waals surface area contributed by atoms with Crippen molar-refractivity contribution in [3.8, 4) is 0 Å². The summed E-state index contributed by atoms with van der Waals surface area (Å²) in [4.78, 5) is 21.4. The van der Waals surface area contributed by atoms with Gasteiger partial charge in [-0.3, -0.25) is 4.79 Å². The van der Waals surface area contributed by atoms with Crippen molar-refractivity contribution in [3.05, 3.63) is 89.7 Å². The summed E-state index contributed by atoms with van der Waals surface area (Å²) < 4.78 is 0. The molecule has 0 saturated heterocycles. The molecule has 0 fully saturated rings. The number of amides is 1. The first-order chi connectivity index (χ1) is 13.6. The van der Waals surface area contributed by atoms with Crippen molar-refractivity contribution < 1.29 is 4.79 Å². The van der Waals surface area contributed by atoms with Gasteiger partial charge in [0.15, 0.2) is 0 Å². The van der Waals surface area contributed by atoms with Gasteiger partial charge in [0.25, 0.3) is 5.91 Å². The summed E-state index contributed by atoms with van der Waals surface area (Å²) in [5, 5.41) is 8.35. The lowest BCUT2D eigenvalue weighted by molar-refractivity contribution is 0.102. The predicted molar refractivity (Wildman–Crippen MR) is 113 cm³/mol. The van der Waals surface area contributed by atoms with Crippen LogP contribution in [0.2, 0.25) is 0 Å². The van der Waals surface area contributed by atoms with Crippen LogP contribution in [0.1, 0.15) is 21.7 Å². The highest BCUT2D eigenvalue weighted by molar-refractivity contribution is 6.05. The molecule has 0 unspecified atom stereocenters. The van der Waals surface area contributed by atoms with Crippen LogP contribution in [0.3, 0.4) is 0 Å². The molecular weight excluding hydrogens is 348 g/mol. The summed E-state index contributed by atoms with van der Waals surface area (Å²) in [6.07, 6.45) is 0. The third kappa shape index (κ3) is 3.99. The van der Waals surface area contributed by atoms with Gasteiger partial charge >= 0.3 is 0 Å². The van der Waals surface area contributed by atoms with E-state index in [-0.39, 0.29) is 5.91 Å². The number of nitrogens with zero attached hydrogens (tertiary/aromatic N) is 2. The van der Waals surface area contributed by atoms with E-state index in [9.17, 15) is 4.79 Å². The topological polar surface area (TPSA) is 66.9 Å². The first-order valence-electron chi connectivity index (χ1n) is 9.06. The predicted octanol–water partition coefficient (Wildman–Crippen LogP) is 5.24. The number of hydrogen-bond acceptors (Lipinski definition) is 4. The van der Waals surface area contributed by atoms with E-state index in [0.29, 0.717) is 11.5 Å². The zero-order chi connectivity index (χ0) is 19.5. The fourth-order valence-corrected chi connectivity index (χ4v) is 3.12. The number of hydrogen-bond donors (Lipinski definition) is 2. The minimum atomic E-state index is -0.166. The van der Waals surface area contributed by atoms with Gasteiger partial charge in [0.2, 0.25) is 5.95 Å². The number of benzene rings is 3. The van der Waals surface area contributed by atoms with Gasteiger partial charge in [-0.25, -0.2) is 9.97 Å². The van der Waals surface area contributed by atoms with Crippen LogP contribution in [-0.2, 0) is 0 Å². The van der Waals surface area contributed by atoms with Gasteiger partial charge in [-0.2, -0.15) is 0 Å². The molecule has 0 radical (unpaired) electrons. The van der Waals surface area contributed by atoms with Crippen molar-refractivity contribution in [2.45, 2.75) is 13.8 Å². The van der Waals surface area contributed by atoms with Crippen LogP contribution >= 0.6 is 0 Å². The highest BCUT2D eigenvalue weighted by Gasteiger charge is 2.08. The third-order valence-electron chi connectivity index (χ3n) is 4.37. The van der Waals surface area contributed by atoms with Crippen molar-refractivity contribution in [1.82, 2.24) is 9.97 Å². The lowest BCUT2D eigenvalue weighted by Crippen LogP contribution is -2.12. The molecule has 0 spiro atoms. The van der Waals surface area contributed by atoms with E-state index < -0.39 is 0 Å². The molecule has 1 amide bonds. The molecule has 0 aliphatic rings. The molecule has 0 aliphatic heterocycles. The van der Waals surface area contributed by atoms with Crippen LogP contribution in [0.15, 0.2) is 72.8 Å². The van der Waals surface area contributed by atoms with E-state index in [1.807, 2.05) is 74.5 Å². The lowest BCUT2D eigenvalue weighted by atomic mass is 10.1. The zero-order valence-corrected chi connectivity index (χ0v) is 15.7. The van der Waals surface area contributed by atoms with Gasteiger partial charge in [-0.05, 0) is 61.0 Å². The fourth-order valence-electron chi connectivity index (χ4n) is 3.12. The number of carbonyl (C=O) groups excluding carboxylic acids is 1. The molecule has 5 nitrogen and oxygen atoms in total. The Balaban J connectivity index is 1.53. The Morgan fingerprint density at radius 3 is 2.29 bits per heavy atom. The Hall–Kier alpha value is -3.73. The molecule has 1 aromatic heterocycles. The standard InChI is InChI=1S/C23H20N4O/c1-15-12-16(2)25-23(24-15)27-20-9-5-8-19(14-20)22(28)26-21-11-10-17-6-3-4-7-18(17)13-21/h3-14H,1-2H3,(H,26,28)(H,24,25,27). The van der Waals surface area contributed by atoms with E-state index >= 15 is 0 Å². The molecule has 4 rings (SSSR count). The maximum Gasteiger partial charge on any atom is 0.255 e. The second-order valence-corrected chi connectivity index (χ2v) is 6.70. The van der Waals surface area contributed by atoms with E-state index in [1.54, 1.807) is 12.1 Å². The van der Waals surface area contributed by atoms with Crippen molar-refractivity contribution in [2.75, 3.05) is 10.6 Å². The Morgan fingerprint density at radius 2 is 1.50 bits per heavy atom. The van der Waals surface area contributed by atoms with Gasteiger partial charge in [0.05, 0.1) is 0 Å². The number of nitrogens with one attached hydrogen (secondary N) is 2. The largest absolute Gasteiger partial charge is 0.324 e. The second-order valence-electron chi connectivity index (χ2n) is 6.70. The van der Waals surface area contributed by atoms with Crippen molar-refractivity contribution in [3.63, 3.8) is 0 Å². The normalized spacial score (nSPS) is 10.6. The second kappa shape index (κ2) is 7.48. The monoisotopic (exact) mass is 368 g/mol. The highest BCUT2D eigenvalue weighted by Crippen LogP contribution is 2.21. The smallest absolute Gasteiger partial charge is 0.255 e. The van der Waals surface area contributed by atoms with Gasteiger partial charge in [0, 0.05) is 28.3 Å². The number of rotatable bonds is 4. The molecule has 0 saturated carbocycles. The molecule has 4 aromatic rings. The fraction of sp³-hybridized carbons (Fsp3) is 0.0870. The number of carbonyl (C=O) groups is 1. The quantitative estimate of drug-likeness (QED) is 0.517. The molecule has 3 aromatic carbocycles. The maximum atomic E-state index is 12.7. The first kappa shape index (κ1) is 17.7. The van der Waals surface area contributed by atoms with Crippen LogP contribution in [0, 0.1) is 13.8 Å². The Morgan fingerprint density at radius 1 is 0.750 bits per heavy atom. The van der Waals surface area contributed by atoms with Crippen LogP contribution in [0.4, 0.5) is 17.3 Å². The van der Waals surface area contributed by atoms with Gasteiger partial charge in [0.1, 0.15) is 0 Å². The van der Waals surface area contributed by atoms with Crippen LogP contribution in [-0.4, -0.2) is 15.9 Å². The summed E-state index contributed by atoms with van der Waals surface area (Å²) >= 11 is 0. The summed E-state index contributed by atoms with van der Waals surface area (Å²) in [7, 11) is 0. The Bertz CT molecular complexity index is 1150. The van der Waals surface area contributed by atoms with Gasteiger partial charge < -0.3 is 10.6 Å². The van der Waals surface area contributed by atoms with Gasteiger partial charge in [-0.15, -0.1) is 0 Å². The average Bonchev–Trinajstić information content (AvgIpc) is 2.67. The minimum Gasteiger partial charge on any atom is -0.324 e. The minimum absolute atomic E-state index is 0.166. The van der Waals surface area contributed by atoms with Crippen molar-refractivity contribution in [1.29, 1.82) is 0 Å². The SMILES string of the molecule is Cc1cc(C)nc(Nc2cccc(C(=O)Nc3ccc4ccccc4c3)c2)n1. The van der Waals surface area contributed by atoms with E-state index in [1.165, 1.54) is 0 Å². The molecule has 2 N–H and O–H groups in total. The first-order valence-corrected chi connectivity index (χ1v) is 9.06. The number of fused-ring (bicyclic) bond motifs is 1. The summed E-state index contributed by atoms with van der Waals surface area (Å²) in [6, 6.07) is 23.1. The van der Waals surface area contributed by atoms with E-state index in [2.05, 4.69) is 20.6 Å². The highest BCUT2D eigenvalue weighted by atomic mass is 16.1. The van der Waals surface area contributed by atoms with Crippen molar-refractivity contribution in [2.24, 2.45) is 0 Å². The maximum absolute atomic E-state index is 12.7. The molecule has 0 aliphatic carbocycles. The lowest BCUT2D eigenvalue weighted by Gasteiger charge is -2.10. The average molecular weight is 368 g/mol. The number of aromatic nitrogens is 2.